The Kier molecular flexibility index (Phi) is 17.7. The molecule has 0 aromatic carbocycles. The van der Waals surface area contributed by atoms with Crippen molar-refractivity contribution in [3.63, 3.8) is 0 Å². The number of aliphatic hydroxyl groups excluding tert-OH is 1. The van der Waals surface area contributed by atoms with Crippen LogP contribution in [0, 0.1) is 0 Å². The maximum atomic E-state index is 8.77. The lowest BCUT2D eigenvalue weighted by molar-refractivity contribution is -0.890. The molecule has 0 heterocycles. The zero-order valence-corrected chi connectivity index (χ0v) is 17.3. The first-order chi connectivity index (χ1) is 11.6. The van der Waals surface area contributed by atoms with Gasteiger partial charge in [-0.05, 0) is 32.1 Å². The molecule has 0 saturated carbocycles. The Hall–Kier alpha value is -0.0800. The predicted octanol–water partition coefficient (Wildman–Crippen LogP) is 6.32. The van der Waals surface area contributed by atoms with E-state index >= 15 is 0 Å². The molecule has 0 aliphatic heterocycles. The molecule has 0 aliphatic carbocycles. The molecule has 0 aromatic heterocycles. The van der Waals surface area contributed by atoms with E-state index < -0.39 is 0 Å². The number of aliphatic hydroxyl groups is 1. The van der Waals surface area contributed by atoms with E-state index in [0.717, 1.165) is 6.42 Å². The van der Waals surface area contributed by atoms with Gasteiger partial charge in [0, 0.05) is 6.61 Å². The molecular formula is C22H48NO+. The van der Waals surface area contributed by atoms with Gasteiger partial charge in [-0.2, -0.15) is 0 Å². The second-order valence-electron chi connectivity index (χ2n) is 8.41. The summed E-state index contributed by atoms with van der Waals surface area (Å²) in [5.41, 5.74) is 0. The molecule has 0 atom stereocenters. The molecule has 0 saturated heterocycles. The van der Waals surface area contributed by atoms with Crippen LogP contribution in [0.4, 0.5) is 0 Å². The van der Waals surface area contributed by atoms with Crippen LogP contribution in [0.3, 0.4) is 0 Å². The molecule has 2 nitrogen and oxygen atoms in total. The molecule has 0 fully saturated rings. The van der Waals surface area contributed by atoms with Gasteiger partial charge in [-0.15, -0.1) is 0 Å². The molecule has 0 radical (unpaired) electrons. The second-order valence-corrected chi connectivity index (χ2v) is 8.41. The Balaban J connectivity index is 3.31. The highest BCUT2D eigenvalue weighted by atomic mass is 16.2. The highest BCUT2D eigenvalue weighted by Crippen LogP contribution is 2.13. The lowest BCUT2D eigenvalue weighted by Gasteiger charge is -2.30. The number of unbranched alkanes of at least 4 members (excludes halogenated alkanes) is 14. The normalized spacial score (nSPS) is 12.0. The van der Waals surface area contributed by atoms with Crippen LogP contribution in [0.1, 0.15) is 110 Å². The maximum absolute atomic E-state index is 8.77. The number of nitrogens with zero attached hydrogens (tertiary/aromatic N) is 1. The van der Waals surface area contributed by atoms with Gasteiger partial charge in [0.2, 0.25) is 0 Å². The summed E-state index contributed by atoms with van der Waals surface area (Å²) in [6.45, 7) is 5.33. The highest BCUT2D eigenvalue weighted by Gasteiger charge is 2.13. The first-order valence-electron chi connectivity index (χ1n) is 11.1. The van der Waals surface area contributed by atoms with E-state index in [1.54, 1.807) is 0 Å². The Bertz CT molecular complexity index is 240. The SMILES string of the molecule is CCCCCCCCCCCC[N+](C)(C)CCCCCCCCO. The third-order valence-electron chi connectivity index (χ3n) is 5.29. The fourth-order valence-electron chi connectivity index (χ4n) is 3.50. The summed E-state index contributed by atoms with van der Waals surface area (Å²) in [6, 6.07) is 0. The molecular weight excluding hydrogens is 294 g/mol. The molecule has 24 heavy (non-hydrogen) atoms. The van der Waals surface area contributed by atoms with Gasteiger partial charge in [-0.25, -0.2) is 0 Å². The number of quaternary nitrogens is 1. The maximum Gasteiger partial charge on any atom is 0.0782 e. The van der Waals surface area contributed by atoms with Gasteiger partial charge < -0.3 is 9.59 Å². The van der Waals surface area contributed by atoms with Crippen molar-refractivity contribution in [1.82, 2.24) is 0 Å². The van der Waals surface area contributed by atoms with Crippen LogP contribution in [0.15, 0.2) is 0 Å². The molecule has 0 bridgehead atoms. The first-order valence-corrected chi connectivity index (χ1v) is 11.1. The molecule has 2 heteroatoms. The van der Waals surface area contributed by atoms with Crippen molar-refractivity contribution in [2.45, 2.75) is 110 Å². The van der Waals surface area contributed by atoms with Crippen LogP contribution in [0.5, 0.6) is 0 Å². The van der Waals surface area contributed by atoms with Crippen molar-refractivity contribution < 1.29 is 9.59 Å². The molecule has 0 aromatic rings. The molecule has 0 unspecified atom stereocenters. The van der Waals surface area contributed by atoms with Gasteiger partial charge in [0.15, 0.2) is 0 Å². The minimum atomic E-state index is 0.364. The van der Waals surface area contributed by atoms with E-state index in [0.29, 0.717) is 6.61 Å². The van der Waals surface area contributed by atoms with Crippen molar-refractivity contribution in [2.75, 3.05) is 33.8 Å². The standard InChI is InChI=1S/C22H48NO/c1-4-5-6-7-8-9-10-11-14-17-20-23(2,3)21-18-15-12-13-16-19-22-24/h24H,4-22H2,1-3H3/q+1. The van der Waals surface area contributed by atoms with Gasteiger partial charge in [0.05, 0.1) is 27.2 Å². The molecule has 0 rings (SSSR count). The topological polar surface area (TPSA) is 20.2 Å². The third-order valence-corrected chi connectivity index (χ3v) is 5.29. The summed E-state index contributed by atoms with van der Waals surface area (Å²) in [6.07, 6.45) is 21.9. The van der Waals surface area contributed by atoms with Crippen LogP contribution in [-0.4, -0.2) is 43.4 Å². The lowest BCUT2D eigenvalue weighted by Crippen LogP contribution is -2.41. The fourth-order valence-corrected chi connectivity index (χ4v) is 3.50. The Morgan fingerprint density at radius 3 is 1.21 bits per heavy atom. The van der Waals surface area contributed by atoms with Crippen LogP contribution in [0.2, 0.25) is 0 Å². The quantitative estimate of drug-likeness (QED) is 0.215. The molecule has 0 amide bonds. The van der Waals surface area contributed by atoms with E-state index in [4.69, 9.17) is 5.11 Å². The third kappa shape index (κ3) is 18.3. The number of hydrogen-bond donors (Lipinski definition) is 1. The van der Waals surface area contributed by atoms with E-state index in [1.807, 2.05) is 0 Å². The average molecular weight is 343 g/mol. The van der Waals surface area contributed by atoms with Crippen molar-refractivity contribution in [1.29, 1.82) is 0 Å². The fraction of sp³-hybridized carbons (Fsp3) is 1.00. The molecule has 1 N–H and O–H groups in total. The van der Waals surface area contributed by atoms with Crippen LogP contribution in [0.25, 0.3) is 0 Å². The monoisotopic (exact) mass is 342 g/mol. The Morgan fingerprint density at radius 1 is 0.500 bits per heavy atom. The van der Waals surface area contributed by atoms with Crippen LogP contribution < -0.4 is 0 Å². The Morgan fingerprint density at radius 2 is 0.833 bits per heavy atom. The number of rotatable bonds is 19. The predicted molar refractivity (Wildman–Crippen MR) is 108 cm³/mol. The van der Waals surface area contributed by atoms with E-state index in [9.17, 15) is 0 Å². The smallest absolute Gasteiger partial charge is 0.0782 e. The van der Waals surface area contributed by atoms with Crippen molar-refractivity contribution >= 4 is 0 Å². The van der Waals surface area contributed by atoms with E-state index in [2.05, 4.69) is 21.0 Å². The van der Waals surface area contributed by atoms with E-state index in [1.165, 1.54) is 114 Å². The van der Waals surface area contributed by atoms with Crippen molar-refractivity contribution in [3.8, 4) is 0 Å². The van der Waals surface area contributed by atoms with Gasteiger partial charge in [-0.1, -0.05) is 77.6 Å². The molecule has 0 aliphatic rings. The summed E-state index contributed by atoms with van der Waals surface area (Å²) in [5, 5.41) is 8.77. The van der Waals surface area contributed by atoms with Crippen LogP contribution >= 0.6 is 0 Å². The number of hydrogen-bond acceptors (Lipinski definition) is 1. The zero-order valence-electron chi connectivity index (χ0n) is 17.3. The summed E-state index contributed by atoms with van der Waals surface area (Å²) in [5.74, 6) is 0. The minimum absolute atomic E-state index is 0.364. The second kappa shape index (κ2) is 17.7. The van der Waals surface area contributed by atoms with Gasteiger partial charge in [0.1, 0.15) is 0 Å². The lowest BCUT2D eigenvalue weighted by atomic mass is 10.1. The van der Waals surface area contributed by atoms with Gasteiger partial charge in [0.25, 0.3) is 0 Å². The van der Waals surface area contributed by atoms with Crippen molar-refractivity contribution in [3.05, 3.63) is 0 Å². The average Bonchev–Trinajstić information content (AvgIpc) is 2.55. The highest BCUT2D eigenvalue weighted by molar-refractivity contribution is 4.49. The van der Waals surface area contributed by atoms with Crippen LogP contribution in [-0.2, 0) is 0 Å². The minimum Gasteiger partial charge on any atom is -0.396 e. The first kappa shape index (κ1) is 23.9. The summed E-state index contributed by atoms with van der Waals surface area (Å²) in [7, 11) is 4.80. The summed E-state index contributed by atoms with van der Waals surface area (Å²) < 4.78 is 1.20. The zero-order chi connectivity index (χ0) is 17.9. The summed E-state index contributed by atoms with van der Waals surface area (Å²) >= 11 is 0. The van der Waals surface area contributed by atoms with Gasteiger partial charge >= 0.3 is 0 Å². The van der Waals surface area contributed by atoms with Crippen molar-refractivity contribution in [2.24, 2.45) is 0 Å². The largest absolute Gasteiger partial charge is 0.396 e. The molecule has 0 spiro atoms. The Labute approximate surface area is 153 Å². The summed E-state index contributed by atoms with van der Waals surface area (Å²) in [4.78, 5) is 0. The van der Waals surface area contributed by atoms with Gasteiger partial charge in [-0.3, -0.25) is 0 Å². The van der Waals surface area contributed by atoms with E-state index in [-0.39, 0.29) is 0 Å². The molecule has 146 valence electrons.